The minimum absolute atomic E-state index is 0.720. The largest absolute Gasteiger partial charge is 0.303 e. The first kappa shape index (κ1) is 36.2. The molecule has 42 heavy (non-hydrogen) atoms. The van der Waals surface area contributed by atoms with Crippen molar-refractivity contribution in [2.24, 2.45) is 23.7 Å². The Morgan fingerprint density at radius 1 is 0.405 bits per heavy atom. The molecule has 0 radical (unpaired) electrons. The second-order valence-electron chi connectivity index (χ2n) is 15.8. The van der Waals surface area contributed by atoms with Gasteiger partial charge in [0.2, 0.25) is 0 Å². The Morgan fingerprint density at radius 3 is 1.14 bits per heavy atom. The van der Waals surface area contributed by atoms with Gasteiger partial charge < -0.3 is 24.5 Å². The molecule has 4 aliphatic rings. The molecule has 0 aromatic heterocycles. The predicted octanol–water partition coefficient (Wildman–Crippen LogP) is 5.54. The molecule has 6 nitrogen and oxygen atoms in total. The van der Waals surface area contributed by atoms with Gasteiger partial charge in [-0.1, -0.05) is 27.7 Å². The lowest BCUT2D eigenvalue weighted by Gasteiger charge is -2.38. The average Bonchev–Trinajstić information content (AvgIpc) is 2.96. The van der Waals surface area contributed by atoms with Crippen LogP contribution in [0.15, 0.2) is 0 Å². The normalized spacial score (nSPS) is 24.3. The average molecular weight is 591 g/mol. The fourth-order valence-electron chi connectivity index (χ4n) is 7.68. The number of hydrogen-bond acceptors (Lipinski definition) is 6. The van der Waals surface area contributed by atoms with Gasteiger partial charge in [-0.2, -0.15) is 0 Å². The molecule has 4 heterocycles. The van der Waals surface area contributed by atoms with E-state index in [9.17, 15) is 0 Å². The number of likely N-dealkylation sites (tertiary alicyclic amines) is 2. The van der Waals surface area contributed by atoms with Crippen LogP contribution in [-0.4, -0.2) is 146 Å². The third kappa shape index (κ3) is 13.8. The molecule has 4 saturated heterocycles. The van der Waals surface area contributed by atoms with Crippen molar-refractivity contribution in [2.45, 2.75) is 106 Å². The van der Waals surface area contributed by atoms with Gasteiger partial charge in [0.1, 0.15) is 0 Å². The minimum atomic E-state index is 0.720. The summed E-state index contributed by atoms with van der Waals surface area (Å²) < 4.78 is 0. The van der Waals surface area contributed by atoms with Gasteiger partial charge in [-0.25, -0.2) is 0 Å². The Hall–Kier alpha value is -0.240. The molecule has 0 unspecified atom stereocenters. The third-order valence-electron chi connectivity index (χ3n) is 10.6. The van der Waals surface area contributed by atoms with Crippen molar-refractivity contribution < 1.29 is 0 Å². The van der Waals surface area contributed by atoms with Crippen molar-refractivity contribution >= 4 is 0 Å². The van der Waals surface area contributed by atoms with Gasteiger partial charge in [0.05, 0.1) is 0 Å². The van der Waals surface area contributed by atoms with Crippen LogP contribution < -0.4 is 0 Å². The summed E-state index contributed by atoms with van der Waals surface area (Å²) in [5.74, 6) is 3.59. The van der Waals surface area contributed by atoms with E-state index in [2.05, 4.69) is 84.8 Å². The van der Waals surface area contributed by atoms with Crippen molar-refractivity contribution in [2.75, 3.05) is 105 Å². The lowest BCUT2D eigenvalue weighted by atomic mass is 9.92. The van der Waals surface area contributed by atoms with Crippen LogP contribution >= 0.6 is 0 Å². The second-order valence-corrected chi connectivity index (χ2v) is 15.8. The van der Waals surface area contributed by atoms with E-state index < -0.39 is 0 Å². The van der Waals surface area contributed by atoms with E-state index in [-0.39, 0.29) is 0 Å². The van der Waals surface area contributed by atoms with Crippen molar-refractivity contribution in [3.63, 3.8) is 0 Å². The summed E-state index contributed by atoms with van der Waals surface area (Å²) in [6, 6.07) is 1.46. The molecule has 0 amide bonds. The van der Waals surface area contributed by atoms with Gasteiger partial charge in [0.25, 0.3) is 0 Å². The Labute approximate surface area is 263 Å². The highest BCUT2D eigenvalue weighted by Crippen LogP contribution is 2.23. The van der Waals surface area contributed by atoms with Gasteiger partial charge >= 0.3 is 0 Å². The SMILES string of the molecule is CC(C)CN1CCC(CCN2CCN(C(C)C)CC2)CC1.CC(C)CN1CCN(CCC2CCN(C(C)C)CC2)CC1. The summed E-state index contributed by atoms with van der Waals surface area (Å²) in [5, 5.41) is 0. The predicted molar refractivity (Wildman–Crippen MR) is 184 cm³/mol. The topological polar surface area (TPSA) is 19.4 Å². The van der Waals surface area contributed by atoms with Crippen molar-refractivity contribution in [1.29, 1.82) is 0 Å². The number of piperidine rings is 2. The van der Waals surface area contributed by atoms with Crippen molar-refractivity contribution in [3.05, 3.63) is 0 Å². The molecule has 0 bridgehead atoms. The number of hydrogen-bond donors (Lipinski definition) is 0. The Kier molecular flexibility index (Phi) is 16.7. The Morgan fingerprint density at radius 2 is 0.738 bits per heavy atom. The van der Waals surface area contributed by atoms with Crippen LogP contribution in [0.25, 0.3) is 0 Å². The highest BCUT2D eigenvalue weighted by atomic mass is 15.3. The molecule has 0 saturated carbocycles. The van der Waals surface area contributed by atoms with Crippen molar-refractivity contribution in [1.82, 2.24) is 29.4 Å². The van der Waals surface area contributed by atoms with Crippen LogP contribution in [0.5, 0.6) is 0 Å². The lowest BCUT2D eigenvalue weighted by Crippen LogP contribution is -2.49. The summed E-state index contributed by atoms with van der Waals surface area (Å²) in [7, 11) is 0. The van der Waals surface area contributed by atoms with Gasteiger partial charge in [-0.05, 0) is 129 Å². The summed E-state index contributed by atoms with van der Waals surface area (Å²) in [6.07, 6.45) is 8.56. The molecule has 6 heteroatoms. The molecule has 0 N–H and O–H groups in total. The fourth-order valence-corrected chi connectivity index (χ4v) is 7.68. The van der Waals surface area contributed by atoms with Crippen LogP contribution in [0.2, 0.25) is 0 Å². The zero-order valence-corrected chi connectivity index (χ0v) is 29.7. The van der Waals surface area contributed by atoms with E-state index >= 15 is 0 Å². The van der Waals surface area contributed by atoms with E-state index in [1.807, 2.05) is 0 Å². The zero-order chi connectivity index (χ0) is 30.5. The quantitative estimate of drug-likeness (QED) is 0.295. The minimum Gasteiger partial charge on any atom is -0.303 e. The first-order chi connectivity index (χ1) is 20.1. The Balaban J connectivity index is 0.000000230. The molecule has 248 valence electrons. The first-order valence-corrected chi connectivity index (χ1v) is 18.5. The van der Waals surface area contributed by atoms with Crippen LogP contribution in [0, 0.1) is 23.7 Å². The Bertz CT molecular complexity index is 606. The molecule has 4 fully saturated rings. The van der Waals surface area contributed by atoms with E-state index in [4.69, 9.17) is 0 Å². The standard InChI is InChI=1S/2C18H37N3/c1-16(2)15-20-13-11-19(12-14-20)8-5-18-6-9-21(10-7-18)17(3)4;1-16(2)15-20-9-6-18(7-10-20)5-8-19-11-13-21(14-12-19)17(3)4/h2*16-18H,5-15H2,1-4H3. The molecule has 0 spiro atoms. The third-order valence-corrected chi connectivity index (χ3v) is 10.6. The zero-order valence-electron chi connectivity index (χ0n) is 29.7. The number of piperazine rings is 2. The fraction of sp³-hybridized carbons (Fsp3) is 1.00. The summed E-state index contributed by atoms with van der Waals surface area (Å²) in [5.41, 5.74) is 0. The van der Waals surface area contributed by atoms with Gasteiger partial charge in [0, 0.05) is 77.5 Å². The maximum Gasteiger partial charge on any atom is 0.0113 e. The van der Waals surface area contributed by atoms with E-state index in [1.165, 1.54) is 143 Å². The van der Waals surface area contributed by atoms with E-state index in [0.29, 0.717) is 0 Å². The molecule has 4 rings (SSSR count). The molecule has 0 aromatic rings. The molecular weight excluding hydrogens is 516 g/mol. The molecule has 0 atom stereocenters. The summed E-state index contributed by atoms with van der Waals surface area (Å²) >= 11 is 0. The van der Waals surface area contributed by atoms with Crippen LogP contribution in [0.4, 0.5) is 0 Å². The summed E-state index contributed by atoms with van der Waals surface area (Å²) in [4.78, 5) is 16.0. The van der Waals surface area contributed by atoms with E-state index in [0.717, 1.165) is 35.8 Å². The molecule has 4 aliphatic heterocycles. The van der Waals surface area contributed by atoms with E-state index in [1.54, 1.807) is 0 Å². The smallest absolute Gasteiger partial charge is 0.0113 e. The lowest BCUT2D eigenvalue weighted by molar-refractivity contribution is 0.0966. The maximum atomic E-state index is 2.70. The molecule has 0 aromatic carbocycles. The van der Waals surface area contributed by atoms with Gasteiger partial charge in [0.15, 0.2) is 0 Å². The number of nitrogens with zero attached hydrogens (tertiary/aromatic N) is 6. The van der Waals surface area contributed by atoms with Crippen LogP contribution in [0.3, 0.4) is 0 Å². The summed E-state index contributed by atoms with van der Waals surface area (Å²) in [6.45, 7) is 39.4. The monoisotopic (exact) mass is 591 g/mol. The van der Waals surface area contributed by atoms with Gasteiger partial charge in [-0.3, -0.25) is 4.90 Å². The van der Waals surface area contributed by atoms with Crippen LogP contribution in [0.1, 0.15) is 93.9 Å². The highest BCUT2D eigenvalue weighted by Gasteiger charge is 2.24. The molecule has 0 aliphatic carbocycles. The maximum absolute atomic E-state index is 2.70. The number of rotatable bonds is 12. The first-order valence-electron chi connectivity index (χ1n) is 18.5. The highest BCUT2D eigenvalue weighted by molar-refractivity contribution is 4.79. The second kappa shape index (κ2) is 19.3. The molecular formula is C36H74N6. The van der Waals surface area contributed by atoms with Crippen molar-refractivity contribution in [3.8, 4) is 0 Å². The van der Waals surface area contributed by atoms with Gasteiger partial charge in [-0.15, -0.1) is 0 Å². The van der Waals surface area contributed by atoms with Crippen LogP contribution in [-0.2, 0) is 0 Å².